The Hall–Kier alpha value is -1.96. The lowest BCUT2D eigenvalue weighted by atomic mass is 10.1. The maximum atomic E-state index is 12.4. The first kappa shape index (κ1) is 17.4. The van der Waals surface area contributed by atoms with Gasteiger partial charge in [-0.15, -0.1) is 0 Å². The lowest BCUT2D eigenvalue weighted by Gasteiger charge is -2.34. The number of carbonyl (C=O) groups excluding carboxylic acids is 2. The van der Waals surface area contributed by atoms with E-state index in [0.29, 0.717) is 6.54 Å². The molecule has 7 nitrogen and oxygen atoms in total. The second-order valence-corrected chi connectivity index (χ2v) is 5.18. The number of methoxy groups -OCH3 is 2. The molecule has 1 heterocycles. The molecule has 126 valence electrons. The number of nitrogens with one attached hydrogen (secondary N) is 1. The van der Waals surface area contributed by atoms with Crippen LogP contribution in [0.4, 0.5) is 0 Å². The van der Waals surface area contributed by atoms with Gasteiger partial charge in [-0.3, -0.25) is 9.59 Å². The Labute approximate surface area is 135 Å². The molecule has 0 aromatic heterocycles. The fraction of sp³-hybridized carbons (Fsp3) is 0.500. The van der Waals surface area contributed by atoms with E-state index in [-0.39, 0.29) is 31.6 Å². The molecule has 1 aliphatic rings. The van der Waals surface area contributed by atoms with Crippen LogP contribution in [-0.4, -0.2) is 63.0 Å². The van der Waals surface area contributed by atoms with Crippen LogP contribution in [0.2, 0.25) is 0 Å². The monoisotopic (exact) mass is 322 g/mol. The maximum Gasteiger partial charge on any atom is 0.249 e. The minimum Gasteiger partial charge on any atom is -0.369 e. The molecule has 0 spiro atoms. The van der Waals surface area contributed by atoms with E-state index < -0.39 is 12.3 Å². The second-order valence-electron chi connectivity index (χ2n) is 5.18. The van der Waals surface area contributed by atoms with Crippen molar-refractivity contribution in [1.29, 1.82) is 0 Å². The molecule has 1 saturated heterocycles. The highest BCUT2D eigenvalue weighted by atomic mass is 16.7. The van der Waals surface area contributed by atoms with E-state index in [9.17, 15) is 9.59 Å². The number of hydrogen-bond donors (Lipinski definition) is 1. The Morgan fingerprint density at radius 1 is 1.35 bits per heavy atom. The summed E-state index contributed by atoms with van der Waals surface area (Å²) < 4.78 is 15.3. The van der Waals surface area contributed by atoms with Crippen molar-refractivity contribution in [2.45, 2.75) is 18.9 Å². The zero-order valence-corrected chi connectivity index (χ0v) is 13.4. The van der Waals surface area contributed by atoms with Crippen molar-refractivity contribution in [3.8, 4) is 0 Å². The van der Waals surface area contributed by atoms with Gasteiger partial charge in [-0.2, -0.15) is 0 Å². The Morgan fingerprint density at radius 2 is 2.04 bits per heavy atom. The molecule has 7 heteroatoms. The van der Waals surface area contributed by atoms with Gasteiger partial charge in [0.2, 0.25) is 11.8 Å². The van der Waals surface area contributed by atoms with E-state index in [1.165, 1.54) is 14.2 Å². The molecule has 0 saturated carbocycles. The molecule has 1 N–H and O–H groups in total. The highest BCUT2D eigenvalue weighted by Gasteiger charge is 2.34. The third kappa shape index (κ3) is 4.75. The number of amides is 2. The summed E-state index contributed by atoms with van der Waals surface area (Å²) in [6, 6.07) is 8.89. The molecule has 2 rings (SSSR count). The van der Waals surface area contributed by atoms with Crippen LogP contribution in [0.1, 0.15) is 5.56 Å². The van der Waals surface area contributed by atoms with Gasteiger partial charge >= 0.3 is 0 Å². The summed E-state index contributed by atoms with van der Waals surface area (Å²) in [6.07, 6.45) is -0.526. The average molecular weight is 322 g/mol. The second kappa shape index (κ2) is 8.61. The predicted molar refractivity (Wildman–Crippen MR) is 82.4 cm³/mol. The van der Waals surface area contributed by atoms with Crippen LogP contribution in [0.15, 0.2) is 30.3 Å². The van der Waals surface area contributed by atoms with E-state index in [2.05, 4.69) is 5.32 Å². The summed E-state index contributed by atoms with van der Waals surface area (Å²) in [6.45, 7) is 0.749. The highest BCUT2D eigenvalue weighted by molar-refractivity contribution is 5.89. The molecule has 1 unspecified atom stereocenters. The minimum absolute atomic E-state index is 0.00458. The van der Waals surface area contributed by atoms with Crippen molar-refractivity contribution in [3.05, 3.63) is 35.9 Å². The van der Waals surface area contributed by atoms with E-state index in [1.807, 2.05) is 30.3 Å². The van der Waals surface area contributed by atoms with E-state index >= 15 is 0 Å². The largest absolute Gasteiger partial charge is 0.369 e. The summed E-state index contributed by atoms with van der Waals surface area (Å²) in [5, 5.41) is 2.73. The van der Waals surface area contributed by atoms with Crippen molar-refractivity contribution >= 4 is 11.8 Å². The van der Waals surface area contributed by atoms with Crippen LogP contribution >= 0.6 is 0 Å². The lowest BCUT2D eigenvalue weighted by molar-refractivity contribution is -0.156. The van der Waals surface area contributed by atoms with E-state index in [1.54, 1.807) is 4.90 Å². The zero-order valence-electron chi connectivity index (χ0n) is 13.4. The summed E-state index contributed by atoms with van der Waals surface area (Å²) in [4.78, 5) is 26.1. The molecule has 1 fully saturated rings. The molecule has 2 amide bonds. The smallest absolute Gasteiger partial charge is 0.249 e. The summed E-state index contributed by atoms with van der Waals surface area (Å²) in [5.41, 5.74) is 0.965. The molecule has 0 aliphatic carbocycles. The molecule has 23 heavy (non-hydrogen) atoms. The first-order chi connectivity index (χ1) is 11.2. The van der Waals surface area contributed by atoms with Gasteiger partial charge in [-0.25, -0.2) is 0 Å². The molecule has 0 radical (unpaired) electrons. The predicted octanol–water partition coefficient (Wildman–Crippen LogP) is 0.149. The van der Waals surface area contributed by atoms with Crippen molar-refractivity contribution in [3.63, 3.8) is 0 Å². The fourth-order valence-corrected chi connectivity index (χ4v) is 2.36. The lowest BCUT2D eigenvalue weighted by Crippen LogP contribution is -2.56. The van der Waals surface area contributed by atoms with Gasteiger partial charge in [-0.05, 0) is 5.56 Å². The van der Waals surface area contributed by atoms with Crippen molar-refractivity contribution in [2.24, 2.45) is 0 Å². The summed E-state index contributed by atoms with van der Waals surface area (Å²) >= 11 is 0. The number of benzene rings is 1. The van der Waals surface area contributed by atoms with Crippen molar-refractivity contribution < 1.29 is 23.8 Å². The number of rotatable bonds is 7. The van der Waals surface area contributed by atoms with Crippen LogP contribution in [0.5, 0.6) is 0 Å². The first-order valence-electron chi connectivity index (χ1n) is 7.40. The normalized spacial score (nSPS) is 18.3. The minimum atomic E-state index is -0.661. The third-order valence-corrected chi connectivity index (χ3v) is 3.66. The summed E-state index contributed by atoms with van der Waals surface area (Å²) in [5.74, 6) is -0.483. The molecule has 1 aromatic carbocycles. The fourth-order valence-electron chi connectivity index (χ4n) is 2.36. The molecular weight excluding hydrogens is 300 g/mol. The Balaban J connectivity index is 2.01. The van der Waals surface area contributed by atoms with Crippen molar-refractivity contribution in [1.82, 2.24) is 10.2 Å². The van der Waals surface area contributed by atoms with Gasteiger partial charge in [0.25, 0.3) is 0 Å². The van der Waals surface area contributed by atoms with Gasteiger partial charge < -0.3 is 24.4 Å². The number of morpholine rings is 1. The number of ether oxygens (including phenoxy) is 3. The highest BCUT2D eigenvalue weighted by Crippen LogP contribution is 2.13. The molecule has 0 bridgehead atoms. The van der Waals surface area contributed by atoms with Crippen LogP contribution in [0.25, 0.3) is 0 Å². The topological polar surface area (TPSA) is 77.1 Å². The van der Waals surface area contributed by atoms with Crippen LogP contribution in [0.3, 0.4) is 0 Å². The van der Waals surface area contributed by atoms with Gasteiger partial charge in [-0.1, -0.05) is 30.3 Å². The number of hydrogen-bond acceptors (Lipinski definition) is 5. The average Bonchev–Trinajstić information content (AvgIpc) is 2.58. The molecule has 1 aliphatic heterocycles. The standard InChI is InChI=1S/C16H22N2O5/c1-21-15(22-2)8-17-16(20)13-10-23-11-14(19)18(13)9-12-6-4-3-5-7-12/h3-7,13,15H,8-11H2,1-2H3,(H,17,20). The molecular formula is C16H22N2O5. The summed E-state index contributed by atoms with van der Waals surface area (Å²) in [7, 11) is 2.99. The third-order valence-electron chi connectivity index (χ3n) is 3.66. The van der Waals surface area contributed by atoms with E-state index in [0.717, 1.165) is 5.56 Å². The number of nitrogens with zero attached hydrogens (tertiary/aromatic N) is 1. The SMILES string of the molecule is COC(CNC(=O)C1COCC(=O)N1Cc1ccccc1)OC. The number of carbonyl (C=O) groups is 2. The van der Waals surface area contributed by atoms with Gasteiger partial charge in [0.15, 0.2) is 6.29 Å². The van der Waals surface area contributed by atoms with Crippen LogP contribution in [-0.2, 0) is 30.3 Å². The van der Waals surface area contributed by atoms with Gasteiger partial charge in [0, 0.05) is 20.8 Å². The van der Waals surface area contributed by atoms with Crippen LogP contribution in [0, 0.1) is 0 Å². The van der Waals surface area contributed by atoms with Crippen LogP contribution < -0.4 is 5.32 Å². The first-order valence-corrected chi connectivity index (χ1v) is 7.40. The maximum absolute atomic E-state index is 12.4. The van der Waals surface area contributed by atoms with Gasteiger partial charge in [0.1, 0.15) is 12.6 Å². The Morgan fingerprint density at radius 3 is 2.70 bits per heavy atom. The quantitative estimate of drug-likeness (QED) is 0.723. The van der Waals surface area contributed by atoms with Gasteiger partial charge in [0.05, 0.1) is 13.2 Å². The van der Waals surface area contributed by atoms with Crippen molar-refractivity contribution in [2.75, 3.05) is 34.0 Å². The Kier molecular flexibility index (Phi) is 6.52. The molecule has 1 aromatic rings. The zero-order chi connectivity index (χ0) is 16.7. The Bertz CT molecular complexity index is 518. The van der Waals surface area contributed by atoms with E-state index in [4.69, 9.17) is 14.2 Å². The molecule has 1 atom stereocenters.